The largest absolute Gasteiger partial charge is 0.489 e. The predicted molar refractivity (Wildman–Crippen MR) is 139 cm³/mol. The van der Waals surface area contributed by atoms with Gasteiger partial charge < -0.3 is 9.84 Å². The third-order valence-corrected chi connectivity index (χ3v) is 8.46. The van der Waals surface area contributed by atoms with Gasteiger partial charge in [-0.25, -0.2) is 4.79 Å². The molecule has 4 aliphatic rings. The molecule has 0 spiro atoms. The Hall–Kier alpha value is -3.33. The molecule has 0 unspecified atom stereocenters. The van der Waals surface area contributed by atoms with Gasteiger partial charge in [-0.1, -0.05) is 54.6 Å². The summed E-state index contributed by atoms with van der Waals surface area (Å²) >= 11 is 0. The van der Waals surface area contributed by atoms with E-state index in [0.29, 0.717) is 6.61 Å². The number of rotatable bonds is 7. The minimum absolute atomic E-state index is 0.220. The van der Waals surface area contributed by atoms with Crippen LogP contribution in [0, 0.1) is 17.8 Å². The average Bonchev–Trinajstić information content (AvgIpc) is 2.86. The van der Waals surface area contributed by atoms with E-state index in [1.54, 1.807) is 6.08 Å². The van der Waals surface area contributed by atoms with Crippen LogP contribution in [0.15, 0.2) is 78.9 Å². The summed E-state index contributed by atoms with van der Waals surface area (Å²) in [4.78, 5) is 11.0. The first-order chi connectivity index (χ1) is 17.1. The summed E-state index contributed by atoms with van der Waals surface area (Å²) in [7, 11) is 0. The number of hydrogen-bond donors (Lipinski definition) is 1. The highest BCUT2D eigenvalue weighted by atomic mass is 16.5. The molecule has 0 amide bonds. The molecule has 3 heteroatoms. The first kappa shape index (κ1) is 22.2. The number of benzene rings is 3. The lowest BCUT2D eigenvalue weighted by molar-refractivity contribution is -0.131. The summed E-state index contributed by atoms with van der Waals surface area (Å²) in [6.07, 6.45) is 10.9. The van der Waals surface area contributed by atoms with Gasteiger partial charge in [0.2, 0.25) is 0 Å². The minimum Gasteiger partial charge on any atom is -0.489 e. The molecule has 35 heavy (non-hydrogen) atoms. The average molecular weight is 465 g/mol. The van der Waals surface area contributed by atoms with Gasteiger partial charge in [0.25, 0.3) is 0 Å². The van der Waals surface area contributed by atoms with E-state index in [4.69, 9.17) is 9.84 Å². The molecule has 0 aliphatic heterocycles. The molecule has 3 aromatic rings. The van der Waals surface area contributed by atoms with Crippen molar-refractivity contribution in [1.82, 2.24) is 0 Å². The Morgan fingerprint density at radius 3 is 2.23 bits per heavy atom. The fraction of sp³-hybridized carbons (Fsp3) is 0.344. The Morgan fingerprint density at radius 1 is 0.857 bits per heavy atom. The van der Waals surface area contributed by atoms with Gasteiger partial charge in [0.05, 0.1) is 0 Å². The zero-order chi connectivity index (χ0) is 23.8. The quantitative estimate of drug-likeness (QED) is 0.368. The second-order valence-corrected chi connectivity index (χ2v) is 11.0. The maximum atomic E-state index is 11.0. The normalized spacial score (nSPS) is 26.8. The Bertz CT molecular complexity index is 1220. The Kier molecular flexibility index (Phi) is 5.72. The van der Waals surface area contributed by atoms with Crippen LogP contribution in [0.25, 0.3) is 17.2 Å². The van der Waals surface area contributed by atoms with Gasteiger partial charge >= 0.3 is 5.97 Å². The third kappa shape index (κ3) is 4.52. The standard InChI is InChI=1S/C32H32O3/c33-31(34)12-9-22-7-4-8-27(16-22)28-10-11-30(35-21-23-5-2-1-3-6-23)29(17-28)32-18-24-13-25(19-32)15-26(14-24)20-32/h1-12,16-17,24-26H,13-15,18-21H2,(H,33,34)/b12-9+. The maximum Gasteiger partial charge on any atom is 0.328 e. The van der Waals surface area contributed by atoms with Crippen LogP contribution in [0.5, 0.6) is 5.75 Å². The van der Waals surface area contributed by atoms with E-state index in [9.17, 15) is 4.79 Å². The van der Waals surface area contributed by atoms with Crippen LogP contribution in [-0.2, 0) is 16.8 Å². The van der Waals surface area contributed by atoms with Crippen molar-refractivity contribution in [3.8, 4) is 16.9 Å². The summed E-state index contributed by atoms with van der Waals surface area (Å²) in [6, 6.07) is 25.2. The minimum atomic E-state index is -0.931. The molecule has 7 rings (SSSR count). The zero-order valence-corrected chi connectivity index (χ0v) is 20.0. The van der Waals surface area contributed by atoms with Gasteiger partial charge in [-0.15, -0.1) is 0 Å². The van der Waals surface area contributed by atoms with Gasteiger partial charge in [-0.05, 0) is 108 Å². The molecule has 178 valence electrons. The van der Waals surface area contributed by atoms with Gasteiger partial charge in [-0.2, -0.15) is 0 Å². The second kappa shape index (κ2) is 9.03. The summed E-state index contributed by atoms with van der Waals surface area (Å²) in [5.74, 6) is 2.67. The molecule has 4 aliphatic carbocycles. The molecule has 3 aromatic carbocycles. The van der Waals surface area contributed by atoms with Crippen LogP contribution in [0.4, 0.5) is 0 Å². The molecule has 0 heterocycles. The highest BCUT2D eigenvalue weighted by Gasteiger charge is 2.52. The monoisotopic (exact) mass is 464 g/mol. The predicted octanol–water partition coefficient (Wildman–Crippen LogP) is 7.50. The van der Waals surface area contributed by atoms with E-state index < -0.39 is 5.97 Å². The number of ether oxygens (including phenoxy) is 1. The number of hydrogen-bond acceptors (Lipinski definition) is 2. The maximum absolute atomic E-state index is 11.0. The zero-order valence-electron chi connectivity index (χ0n) is 20.0. The van der Waals surface area contributed by atoms with Crippen molar-refractivity contribution in [3.05, 3.63) is 95.6 Å². The molecule has 0 aromatic heterocycles. The Balaban J connectivity index is 1.38. The van der Waals surface area contributed by atoms with Crippen molar-refractivity contribution in [1.29, 1.82) is 0 Å². The van der Waals surface area contributed by atoms with Crippen molar-refractivity contribution in [2.24, 2.45) is 17.8 Å². The summed E-state index contributed by atoms with van der Waals surface area (Å²) in [5.41, 5.74) is 5.97. The molecule has 0 saturated heterocycles. The third-order valence-electron chi connectivity index (χ3n) is 8.46. The van der Waals surface area contributed by atoms with Gasteiger partial charge in [0, 0.05) is 11.6 Å². The molecular formula is C32H32O3. The summed E-state index contributed by atoms with van der Waals surface area (Å²) in [6.45, 7) is 0.578. The smallest absolute Gasteiger partial charge is 0.328 e. The van der Waals surface area contributed by atoms with E-state index in [1.165, 1.54) is 61.3 Å². The molecule has 3 nitrogen and oxygen atoms in total. The summed E-state index contributed by atoms with van der Waals surface area (Å²) in [5, 5.41) is 9.01. The highest BCUT2D eigenvalue weighted by Crippen LogP contribution is 2.62. The molecule has 4 saturated carbocycles. The van der Waals surface area contributed by atoms with Crippen molar-refractivity contribution >= 4 is 12.0 Å². The van der Waals surface area contributed by atoms with Crippen LogP contribution in [0.2, 0.25) is 0 Å². The Morgan fingerprint density at radius 2 is 1.54 bits per heavy atom. The van der Waals surface area contributed by atoms with Crippen molar-refractivity contribution in [2.75, 3.05) is 0 Å². The van der Waals surface area contributed by atoms with Crippen LogP contribution < -0.4 is 4.74 Å². The van der Waals surface area contributed by atoms with Gasteiger partial charge in [-0.3, -0.25) is 0 Å². The van der Waals surface area contributed by atoms with E-state index in [0.717, 1.165) is 34.6 Å². The van der Waals surface area contributed by atoms with Crippen molar-refractivity contribution in [3.63, 3.8) is 0 Å². The first-order valence-corrected chi connectivity index (χ1v) is 12.9. The lowest BCUT2D eigenvalue weighted by Crippen LogP contribution is -2.48. The summed E-state index contributed by atoms with van der Waals surface area (Å²) < 4.78 is 6.52. The van der Waals surface area contributed by atoms with Crippen molar-refractivity contribution in [2.45, 2.75) is 50.5 Å². The van der Waals surface area contributed by atoms with Crippen LogP contribution in [0.3, 0.4) is 0 Å². The molecule has 1 N–H and O–H groups in total. The van der Waals surface area contributed by atoms with Crippen LogP contribution >= 0.6 is 0 Å². The van der Waals surface area contributed by atoms with Crippen LogP contribution in [-0.4, -0.2) is 11.1 Å². The number of carboxylic acids is 1. The van der Waals surface area contributed by atoms with Crippen LogP contribution in [0.1, 0.15) is 55.2 Å². The first-order valence-electron chi connectivity index (χ1n) is 12.9. The van der Waals surface area contributed by atoms with Gasteiger partial charge in [0.15, 0.2) is 0 Å². The topological polar surface area (TPSA) is 46.5 Å². The second-order valence-electron chi connectivity index (χ2n) is 11.0. The fourth-order valence-corrected chi connectivity index (χ4v) is 7.42. The molecule has 4 bridgehead atoms. The Labute approximate surface area is 207 Å². The number of aliphatic carboxylic acids is 1. The molecule has 0 atom stereocenters. The van der Waals surface area contributed by atoms with E-state index in [2.05, 4.69) is 54.6 Å². The number of carbonyl (C=O) groups is 1. The molecule has 4 fully saturated rings. The molecule has 0 radical (unpaired) electrons. The van der Waals surface area contributed by atoms with Crippen molar-refractivity contribution < 1.29 is 14.6 Å². The number of carboxylic acid groups (broad SMARTS) is 1. The van der Waals surface area contributed by atoms with E-state index >= 15 is 0 Å². The van der Waals surface area contributed by atoms with E-state index in [1.807, 2.05) is 18.2 Å². The molecular weight excluding hydrogens is 432 g/mol. The SMILES string of the molecule is O=C(O)/C=C/c1cccc(-c2ccc(OCc3ccccc3)c(C34CC5CC(CC(C5)C3)C4)c2)c1. The lowest BCUT2D eigenvalue weighted by atomic mass is 9.48. The van der Waals surface area contributed by atoms with E-state index in [-0.39, 0.29) is 5.41 Å². The highest BCUT2D eigenvalue weighted by molar-refractivity contribution is 5.85. The fourth-order valence-electron chi connectivity index (χ4n) is 7.42. The van der Waals surface area contributed by atoms with Gasteiger partial charge in [0.1, 0.15) is 12.4 Å². The lowest BCUT2D eigenvalue weighted by Gasteiger charge is -2.57.